The Morgan fingerprint density at radius 2 is 1.42 bits per heavy atom. The number of hydrogen-bond donors (Lipinski definition) is 1. The van der Waals surface area contributed by atoms with Crippen LogP contribution in [-0.4, -0.2) is 90.1 Å². The zero-order chi connectivity index (χ0) is 25.2. The van der Waals surface area contributed by atoms with Crippen molar-refractivity contribution < 1.29 is 19.4 Å². The van der Waals surface area contributed by atoms with Crippen molar-refractivity contribution in [2.45, 2.75) is 20.0 Å². The second kappa shape index (κ2) is 10.4. The van der Waals surface area contributed by atoms with Crippen LogP contribution in [0.2, 0.25) is 0 Å². The Labute approximate surface area is 211 Å². The summed E-state index contributed by atoms with van der Waals surface area (Å²) in [6.07, 6.45) is -0.566. The first-order chi connectivity index (χ1) is 17.4. The maximum absolute atomic E-state index is 13.1. The predicted molar refractivity (Wildman–Crippen MR) is 140 cm³/mol. The van der Waals surface area contributed by atoms with Gasteiger partial charge in [-0.3, -0.25) is 24.3 Å². The molecule has 1 saturated heterocycles. The van der Waals surface area contributed by atoms with Gasteiger partial charge >= 0.3 is 0 Å². The van der Waals surface area contributed by atoms with Gasteiger partial charge in [-0.1, -0.05) is 30.3 Å². The molecule has 0 saturated carbocycles. The van der Waals surface area contributed by atoms with Gasteiger partial charge in [-0.2, -0.15) is 0 Å². The summed E-state index contributed by atoms with van der Waals surface area (Å²) in [7, 11) is 0. The molecule has 0 spiro atoms. The lowest BCUT2D eigenvalue weighted by Gasteiger charge is -2.36. The Morgan fingerprint density at radius 1 is 0.833 bits per heavy atom. The summed E-state index contributed by atoms with van der Waals surface area (Å²) in [4.78, 5) is 32.1. The number of benzene rings is 3. The molecule has 2 heterocycles. The van der Waals surface area contributed by atoms with E-state index in [2.05, 4.69) is 15.9 Å². The molecule has 1 N–H and O–H groups in total. The minimum Gasteiger partial charge on any atom is -0.491 e. The number of aliphatic hydroxyl groups is 1. The minimum absolute atomic E-state index is 0.213. The Hall–Kier alpha value is -3.26. The summed E-state index contributed by atoms with van der Waals surface area (Å²) < 4.78 is 5.81. The number of aryl methyl sites for hydroxylation is 2. The third-order valence-corrected chi connectivity index (χ3v) is 7.07. The summed E-state index contributed by atoms with van der Waals surface area (Å²) in [6.45, 7) is 9.20. The standard InChI is InChI=1S/C29H33N3O4/c1-20-15-21(2)17-24(16-20)36-19-23(33)18-31-11-9-30(10-12-31)13-14-32-28(34)25-7-3-5-22-6-4-8-26(27(22)25)29(32)35/h3-8,15-17,23,33H,9-14,18-19H2,1-2H3/t23-/m1/s1. The van der Waals surface area contributed by atoms with E-state index in [0.717, 1.165) is 53.8 Å². The monoisotopic (exact) mass is 487 g/mol. The molecule has 0 aliphatic carbocycles. The van der Waals surface area contributed by atoms with Gasteiger partial charge in [-0.05, 0) is 54.6 Å². The number of carbonyl (C=O) groups excluding carboxylic acids is 2. The van der Waals surface area contributed by atoms with E-state index >= 15 is 0 Å². The van der Waals surface area contributed by atoms with Crippen LogP contribution in [0.15, 0.2) is 54.6 Å². The number of nitrogens with zero attached hydrogens (tertiary/aromatic N) is 3. The molecule has 2 aliphatic heterocycles. The van der Waals surface area contributed by atoms with Crippen molar-refractivity contribution in [2.75, 3.05) is 52.4 Å². The average molecular weight is 488 g/mol. The van der Waals surface area contributed by atoms with Gasteiger partial charge in [0.05, 0.1) is 0 Å². The van der Waals surface area contributed by atoms with Crippen LogP contribution in [0.5, 0.6) is 5.75 Å². The van der Waals surface area contributed by atoms with E-state index in [9.17, 15) is 14.7 Å². The zero-order valence-corrected chi connectivity index (χ0v) is 20.9. The smallest absolute Gasteiger partial charge is 0.261 e. The molecular formula is C29H33N3O4. The van der Waals surface area contributed by atoms with Gasteiger partial charge in [0.25, 0.3) is 11.8 Å². The average Bonchev–Trinajstić information content (AvgIpc) is 2.86. The number of ether oxygens (including phenoxy) is 1. The molecule has 0 unspecified atom stereocenters. The Morgan fingerprint density at radius 3 is 2.03 bits per heavy atom. The van der Waals surface area contributed by atoms with Crippen molar-refractivity contribution in [3.8, 4) is 5.75 Å². The van der Waals surface area contributed by atoms with Gasteiger partial charge in [0, 0.05) is 62.3 Å². The van der Waals surface area contributed by atoms with Crippen LogP contribution >= 0.6 is 0 Å². The Bertz CT molecular complexity index is 1210. The zero-order valence-electron chi connectivity index (χ0n) is 20.9. The van der Waals surface area contributed by atoms with Crippen LogP contribution in [0.25, 0.3) is 10.8 Å². The summed E-state index contributed by atoms with van der Waals surface area (Å²) in [6, 6.07) is 17.3. The third kappa shape index (κ3) is 5.14. The number of carbonyl (C=O) groups is 2. The highest BCUT2D eigenvalue weighted by atomic mass is 16.5. The van der Waals surface area contributed by atoms with Crippen LogP contribution in [0.4, 0.5) is 0 Å². The van der Waals surface area contributed by atoms with Gasteiger partial charge in [0.1, 0.15) is 18.5 Å². The van der Waals surface area contributed by atoms with Crippen LogP contribution in [0.3, 0.4) is 0 Å². The lowest BCUT2D eigenvalue weighted by molar-refractivity contribution is 0.0416. The molecule has 0 aromatic heterocycles. The number of amides is 2. The minimum atomic E-state index is -0.566. The lowest BCUT2D eigenvalue weighted by Crippen LogP contribution is -2.51. The molecule has 2 aliphatic rings. The predicted octanol–water partition coefficient (Wildman–Crippen LogP) is 3.11. The third-order valence-electron chi connectivity index (χ3n) is 7.07. The molecule has 36 heavy (non-hydrogen) atoms. The van der Waals surface area contributed by atoms with E-state index < -0.39 is 6.10 Å². The molecule has 188 valence electrons. The maximum Gasteiger partial charge on any atom is 0.261 e. The molecule has 3 aromatic carbocycles. The molecule has 5 rings (SSSR count). The summed E-state index contributed by atoms with van der Waals surface area (Å²) in [5, 5.41) is 12.2. The van der Waals surface area contributed by atoms with Crippen molar-refractivity contribution in [1.82, 2.24) is 14.7 Å². The van der Waals surface area contributed by atoms with Crippen LogP contribution in [0, 0.1) is 13.8 Å². The van der Waals surface area contributed by atoms with Gasteiger partial charge in [-0.15, -0.1) is 0 Å². The van der Waals surface area contributed by atoms with Gasteiger partial charge < -0.3 is 9.84 Å². The molecule has 7 nitrogen and oxygen atoms in total. The number of piperazine rings is 1. The van der Waals surface area contributed by atoms with Crippen LogP contribution in [0.1, 0.15) is 31.8 Å². The van der Waals surface area contributed by atoms with Crippen molar-refractivity contribution >= 4 is 22.6 Å². The van der Waals surface area contributed by atoms with E-state index in [1.54, 1.807) is 0 Å². The second-order valence-corrected chi connectivity index (χ2v) is 9.90. The maximum atomic E-state index is 13.1. The van der Waals surface area contributed by atoms with Gasteiger partial charge in [0.15, 0.2) is 0 Å². The van der Waals surface area contributed by atoms with E-state index in [1.807, 2.05) is 62.4 Å². The molecule has 7 heteroatoms. The van der Waals surface area contributed by atoms with Crippen molar-refractivity contribution in [1.29, 1.82) is 0 Å². The molecule has 1 fully saturated rings. The molecule has 0 radical (unpaired) electrons. The highest BCUT2D eigenvalue weighted by Crippen LogP contribution is 2.29. The molecule has 3 aromatic rings. The Kier molecular flexibility index (Phi) is 7.05. The van der Waals surface area contributed by atoms with Crippen LogP contribution < -0.4 is 4.74 Å². The molecule has 1 atom stereocenters. The van der Waals surface area contributed by atoms with E-state index in [0.29, 0.717) is 30.8 Å². The SMILES string of the molecule is Cc1cc(C)cc(OC[C@H](O)CN2CCN(CCN3C(=O)c4cccc5cccc(c45)C3=O)CC2)c1. The first-order valence-electron chi connectivity index (χ1n) is 12.6. The lowest BCUT2D eigenvalue weighted by atomic mass is 9.94. The normalized spacial score (nSPS) is 17.6. The molecule has 2 amide bonds. The number of imide groups is 1. The summed E-state index contributed by atoms with van der Waals surface area (Å²) in [5.41, 5.74) is 3.49. The molecular weight excluding hydrogens is 454 g/mol. The molecule has 0 bridgehead atoms. The fraction of sp³-hybridized carbons (Fsp3) is 0.379. The van der Waals surface area contributed by atoms with Crippen molar-refractivity contribution in [3.05, 3.63) is 76.9 Å². The summed E-state index contributed by atoms with van der Waals surface area (Å²) >= 11 is 0. The fourth-order valence-electron chi connectivity index (χ4n) is 5.28. The number of aliphatic hydroxyl groups excluding tert-OH is 1. The topological polar surface area (TPSA) is 73.3 Å². The van der Waals surface area contributed by atoms with E-state index in [4.69, 9.17) is 4.74 Å². The number of β-amino-alcohol motifs (C(OH)–C–C–N with tert-alkyl or cyclic N) is 1. The first kappa shape index (κ1) is 24.4. The van der Waals surface area contributed by atoms with E-state index in [1.165, 1.54) is 4.90 Å². The fourth-order valence-corrected chi connectivity index (χ4v) is 5.28. The van der Waals surface area contributed by atoms with E-state index in [-0.39, 0.29) is 18.4 Å². The largest absolute Gasteiger partial charge is 0.491 e. The highest BCUT2D eigenvalue weighted by molar-refractivity contribution is 6.25. The Balaban J connectivity index is 1.09. The van der Waals surface area contributed by atoms with Gasteiger partial charge in [0.2, 0.25) is 0 Å². The van der Waals surface area contributed by atoms with Crippen molar-refractivity contribution in [3.63, 3.8) is 0 Å². The van der Waals surface area contributed by atoms with Crippen molar-refractivity contribution in [2.24, 2.45) is 0 Å². The number of hydrogen-bond acceptors (Lipinski definition) is 6. The van der Waals surface area contributed by atoms with Gasteiger partial charge in [-0.25, -0.2) is 0 Å². The quantitative estimate of drug-likeness (QED) is 0.493. The van der Waals surface area contributed by atoms with Crippen LogP contribution in [-0.2, 0) is 0 Å². The number of rotatable bonds is 8. The highest BCUT2D eigenvalue weighted by Gasteiger charge is 2.33. The second-order valence-electron chi connectivity index (χ2n) is 9.90. The first-order valence-corrected chi connectivity index (χ1v) is 12.6. The summed E-state index contributed by atoms with van der Waals surface area (Å²) in [5.74, 6) is 0.363.